The molecule has 0 fully saturated rings. The first-order valence-corrected chi connectivity index (χ1v) is 9.00. The van der Waals surface area contributed by atoms with Gasteiger partial charge in [-0.05, 0) is 16.3 Å². The van der Waals surface area contributed by atoms with E-state index in [0.717, 1.165) is 22.1 Å². The first-order valence-electron chi connectivity index (χ1n) is 8.02. The van der Waals surface area contributed by atoms with Gasteiger partial charge < -0.3 is 15.7 Å². The van der Waals surface area contributed by atoms with Crippen molar-refractivity contribution in [1.29, 1.82) is 0 Å². The number of nitrogens with one attached hydrogen (secondary N) is 2. The van der Waals surface area contributed by atoms with Crippen LogP contribution in [0.4, 0.5) is 0 Å². The molecule has 0 aliphatic carbocycles. The molecule has 1 heterocycles. The van der Waals surface area contributed by atoms with E-state index >= 15 is 0 Å². The Hall–Kier alpha value is -2.38. The lowest BCUT2D eigenvalue weighted by Crippen LogP contribution is -2.50. The van der Waals surface area contributed by atoms with Crippen molar-refractivity contribution in [3.05, 3.63) is 48.0 Å². The molecule has 0 aromatic heterocycles. The van der Waals surface area contributed by atoms with Crippen LogP contribution in [0.5, 0.6) is 0 Å². The number of thioether (sulfide) groups is 1. The number of aliphatic imine (C=N–C) groups is 1. The second-order valence-corrected chi connectivity index (χ2v) is 6.77. The highest BCUT2D eigenvalue weighted by atomic mass is 32.2. The molecule has 0 spiro atoms. The van der Waals surface area contributed by atoms with Crippen LogP contribution in [0.3, 0.4) is 0 Å². The highest BCUT2D eigenvalue weighted by Gasteiger charge is 2.22. The third kappa shape index (κ3) is 4.58. The predicted molar refractivity (Wildman–Crippen MR) is 99.6 cm³/mol. The van der Waals surface area contributed by atoms with E-state index < -0.39 is 18.6 Å². The van der Waals surface area contributed by atoms with Crippen molar-refractivity contribution in [2.75, 3.05) is 18.9 Å². The maximum atomic E-state index is 12.2. The number of carbonyl (C=O) groups excluding carboxylic acids is 2. The van der Waals surface area contributed by atoms with Crippen LogP contribution in [-0.4, -0.2) is 47.0 Å². The number of aliphatic hydroxyl groups is 1. The summed E-state index contributed by atoms with van der Waals surface area (Å²) in [6, 6.07) is 12.7. The molecular weight excluding hydrogens is 338 g/mol. The van der Waals surface area contributed by atoms with E-state index in [4.69, 9.17) is 0 Å². The standard InChI is InChI=1S/C18H19N3O3S/c22-11-15(17(24)21-18-19-7-8-25-18)20-16(23)10-12-5-6-13-3-1-2-4-14(13)9-12/h1-6,9,15,22H,7-8,10-11H2,(H,20,23)(H,19,21,24). The van der Waals surface area contributed by atoms with Gasteiger partial charge in [0.25, 0.3) is 5.91 Å². The van der Waals surface area contributed by atoms with Crippen molar-refractivity contribution in [3.8, 4) is 0 Å². The van der Waals surface area contributed by atoms with E-state index in [2.05, 4.69) is 15.6 Å². The minimum atomic E-state index is -0.989. The fourth-order valence-electron chi connectivity index (χ4n) is 2.58. The van der Waals surface area contributed by atoms with Crippen LogP contribution in [0.2, 0.25) is 0 Å². The Kier molecular flexibility index (Phi) is 5.67. The molecule has 1 atom stereocenters. The number of hydrogen-bond acceptors (Lipinski definition) is 5. The normalized spacial score (nSPS) is 14.8. The summed E-state index contributed by atoms with van der Waals surface area (Å²) in [6.45, 7) is 0.200. The number of nitrogens with zero attached hydrogens (tertiary/aromatic N) is 1. The van der Waals surface area contributed by atoms with Gasteiger partial charge in [0.1, 0.15) is 6.04 Å². The van der Waals surface area contributed by atoms with E-state index in [0.29, 0.717) is 11.7 Å². The fraction of sp³-hybridized carbons (Fsp3) is 0.278. The zero-order valence-electron chi connectivity index (χ0n) is 13.6. The molecule has 0 bridgehead atoms. The first kappa shape index (κ1) is 17.4. The van der Waals surface area contributed by atoms with Crippen LogP contribution in [-0.2, 0) is 16.0 Å². The van der Waals surface area contributed by atoms with E-state index in [1.807, 2.05) is 42.5 Å². The predicted octanol–water partition coefficient (Wildman–Crippen LogP) is 1.08. The van der Waals surface area contributed by atoms with Crippen LogP contribution in [0.25, 0.3) is 10.8 Å². The molecule has 1 unspecified atom stereocenters. The smallest absolute Gasteiger partial charge is 0.250 e. The number of benzene rings is 2. The van der Waals surface area contributed by atoms with Crippen molar-refractivity contribution in [3.63, 3.8) is 0 Å². The van der Waals surface area contributed by atoms with Gasteiger partial charge in [-0.25, -0.2) is 0 Å². The van der Waals surface area contributed by atoms with Crippen molar-refractivity contribution in [1.82, 2.24) is 10.6 Å². The Labute approximate surface area is 149 Å². The molecule has 3 rings (SSSR count). The van der Waals surface area contributed by atoms with Crippen LogP contribution >= 0.6 is 11.8 Å². The molecule has 2 aromatic carbocycles. The molecule has 6 nitrogen and oxygen atoms in total. The lowest BCUT2D eigenvalue weighted by atomic mass is 10.0. The zero-order chi connectivity index (χ0) is 17.6. The fourth-order valence-corrected chi connectivity index (χ4v) is 3.31. The lowest BCUT2D eigenvalue weighted by Gasteiger charge is -2.16. The summed E-state index contributed by atoms with van der Waals surface area (Å²) in [7, 11) is 0. The maximum absolute atomic E-state index is 12.2. The van der Waals surface area contributed by atoms with Gasteiger partial charge >= 0.3 is 0 Å². The van der Waals surface area contributed by atoms with Crippen molar-refractivity contribution in [2.45, 2.75) is 12.5 Å². The van der Waals surface area contributed by atoms with Crippen LogP contribution in [0.1, 0.15) is 5.56 Å². The summed E-state index contributed by atoms with van der Waals surface area (Å²) >= 11 is 1.44. The lowest BCUT2D eigenvalue weighted by molar-refractivity contribution is -0.128. The van der Waals surface area contributed by atoms with Gasteiger partial charge in [-0.3, -0.25) is 14.6 Å². The first-order chi connectivity index (χ1) is 12.2. The van der Waals surface area contributed by atoms with Crippen molar-refractivity contribution < 1.29 is 14.7 Å². The highest BCUT2D eigenvalue weighted by molar-refractivity contribution is 8.14. The Morgan fingerprint density at radius 2 is 2.00 bits per heavy atom. The van der Waals surface area contributed by atoms with E-state index in [-0.39, 0.29) is 12.3 Å². The highest BCUT2D eigenvalue weighted by Crippen LogP contribution is 2.16. The Morgan fingerprint density at radius 1 is 1.20 bits per heavy atom. The van der Waals surface area contributed by atoms with Gasteiger partial charge in [0.2, 0.25) is 5.91 Å². The van der Waals surface area contributed by atoms with Crippen molar-refractivity contribution in [2.24, 2.45) is 4.99 Å². The molecule has 0 radical (unpaired) electrons. The Morgan fingerprint density at radius 3 is 2.72 bits per heavy atom. The Bertz CT molecular complexity index is 822. The van der Waals surface area contributed by atoms with Gasteiger partial charge in [-0.1, -0.05) is 54.2 Å². The van der Waals surface area contributed by atoms with Gasteiger partial charge in [0.15, 0.2) is 5.17 Å². The summed E-state index contributed by atoms with van der Waals surface area (Å²) in [5, 5.41) is 17.3. The van der Waals surface area contributed by atoms with Crippen LogP contribution in [0, 0.1) is 0 Å². The topological polar surface area (TPSA) is 90.8 Å². The van der Waals surface area contributed by atoms with Gasteiger partial charge in [0.05, 0.1) is 19.6 Å². The molecule has 2 aromatic rings. The average molecular weight is 357 g/mol. The SMILES string of the molecule is O=C(Cc1ccc2ccccc2c1)NC(CO)C(=O)NC1=NCCS1. The Balaban J connectivity index is 1.60. The number of fused-ring (bicyclic) bond motifs is 1. The van der Waals surface area contributed by atoms with Gasteiger partial charge in [0, 0.05) is 5.75 Å². The third-order valence-electron chi connectivity index (χ3n) is 3.83. The summed E-state index contributed by atoms with van der Waals surface area (Å²) in [4.78, 5) is 28.5. The third-order valence-corrected chi connectivity index (χ3v) is 4.72. The van der Waals surface area contributed by atoms with E-state index in [1.54, 1.807) is 0 Å². The number of amides is 2. The number of amidine groups is 1. The summed E-state index contributed by atoms with van der Waals surface area (Å²) < 4.78 is 0. The van der Waals surface area contributed by atoms with Crippen molar-refractivity contribution >= 4 is 39.5 Å². The summed E-state index contributed by atoms with van der Waals surface area (Å²) in [5.41, 5.74) is 0.851. The summed E-state index contributed by atoms with van der Waals surface area (Å²) in [6.07, 6.45) is 0.143. The van der Waals surface area contributed by atoms with E-state index in [1.165, 1.54) is 11.8 Å². The molecule has 25 heavy (non-hydrogen) atoms. The second-order valence-electron chi connectivity index (χ2n) is 5.69. The molecule has 0 saturated heterocycles. The quantitative estimate of drug-likeness (QED) is 0.747. The molecule has 7 heteroatoms. The molecule has 0 saturated carbocycles. The monoisotopic (exact) mass is 357 g/mol. The molecule has 1 aliphatic heterocycles. The van der Waals surface area contributed by atoms with Crippen LogP contribution in [0.15, 0.2) is 47.5 Å². The second kappa shape index (κ2) is 8.13. The minimum Gasteiger partial charge on any atom is -0.394 e. The summed E-state index contributed by atoms with van der Waals surface area (Å²) in [5.74, 6) is 0.0567. The molecule has 130 valence electrons. The number of aliphatic hydroxyl groups excluding tert-OH is 1. The molecule has 1 aliphatic rings. The van der Waals surface area contributed by atoms with Gasteiger partial charge in [-0.2, -0.15) is 0 Å². The van der Waals surface area contributed by atoms with E-state index in [9.17, 15) is 14.7 Å². The maximum Gasteiger partial charge on any atom is 0.250 e. The minimum absolute atomic E-state index is 0.143. The van der Waals surface area contributed by atoms with Gasteiger partial charge in [-0.15, -0.1) is 0 Å². The molecular formula is C18H19N3O3S. The number of rotatable bonds is 5. The number of hydrogen-bond donors (Lipinski definition) is 3. The largest absolute Gasteiger partial charge is 0.394 e. The zero-order valence-corrected chi connectivity index (χ0v) is 14.4. The molecule has 3 N–H and O–H groups in total. The van der Waals surface area contributed by atoms with Crippen LogP contribution < -0.4 is 10.6 Å². The average Bonchev–Trinajstić information content (AvgIpc) is 3.12. The molecule has 2 amide bonds. The number of carbonyl (C=O) groups is 2.